The lowest BCUT2D eigenvalue weighted by molar-refractivity contribution is -0.132. The standard InChI is InChI=1S/C18H28N4O/c1-21(16-7-8-16)18(23)14-22(13-15-5-2-3-11-20-15)17-6-4-10-19-12-9-17/h2-3,5,11,16-17,19H,4,6-10,12-14H2,1H3/t17-/m0/s1. The molecule has 2 aliphatic rings. The van der Waals surface area contributed by atoms with Crippen molar-refractivity contribution in [3.05, 3.63) is 30.1 Å². The molecule has 23 heavy (non-hydrogen) atoms. The molecule has 2 fully saturated rings. The van der Waals surface area contributed by atoms with E-state index in [-0.39, 0.29) is 5.91 Å². The van der Waals surface area contributed by atoms with Crippen LogP contribution in [0.25, 0.3) is 0 Å². The Morgan fingerprint density at radius 2 is 2.09 bits per heavy atom. The van der Waals surface area contributed by atoms with E-state index in [1.165, 1.54) is 6.42 Å². The van der Waals surface area contributed by atoms with Crippen LogP contribution >= 0.6 is 0 Å². The van der Waals surface area contributed by atoms with Crippen LogP contribution in [0.4, 0.5) is 0 Å². The molecule has 126 valence electrons. The molecule has 0 unspecified atom stereocenters. The molecule has 0 spiro atoms. The summed E-state index contributed by atoms with van der Waals surface area (Å²) < 4.78 is 0. The smallest absolute Gasteiger partial charge is 0.236 e. The number of amides is 1. The Morgan fingerprint density at radius 1 is 1.22 bits per heavy atom. The van der Waals surface area contributed by atoms with Gasteiger partial charge in [-0.2, -0.15) is 0 Å². The molecule has 0 radical (unpaired) electrons. The summed E-state index contributed by atoms with van der Waals surface area (Å²) in [7, 11) is 1.95. The molecular formula is C18H28N4O. The monoisotopic (exact) mass is 316 g/mol. The summed E-state index contributed by atoms with van der Waals surface area (Å²) in [6.45, 7) is 3.39. The van der Waals surface area contributed by atoms with Gasteiger partial charge in [-0.25, -0.2) is 0 Å². The fourth-order valence-electron chi connectivity index (χ4n) is 3.33. The van der Waals surface area contributed by atoms with Crippen LogP contribution in [-0.4, -0.2) is 59.5 Å². The lowest BCUT2D eigenvalue weighted by atomic mass is 10.1. The van der Waals surface area contributed by atoms with E-state index in [4.69, 9.17) is 0 Å². The van der Waals surface area contributed by atoms with Crippen molar-refractivity contribution in [2.24, 2.45) is 0 Å². The van der Waals surface area contributed by atoms with Gasteiger partial charge in [0.2, 0.25) is 5.91 Å². The maximum absolute atomic E-state index is 12.6. The van der Waals surface area contributed by atoms with Gasteiger partial charge in [0.15, 0.2) is 0 Å². The Bertz CT molecular complexity index is 495. The minimum atomic E-state index is 0.251. The van der Waals surface area contributed by atoms with Crippen LogP contribution in [-0.2, 0) is 11.3 Å². The van der Waals surface area contributed by atoms with Crippen molar-refractivity contribution < 1.29 is 4.79 Å². The molecule has 5 nitrogen and oxygen atoms in total. The van der Waals surface area contributed by atoms with E-state index in [1.807, 2.05) is 30.3 Å². The first-order valence-electron chi connectivity index (χ1n) is 8.84. The number of rotatable bonds is 6. The van der Waals surface area contributed by atoms with E-state index in [1.54, 1.807) is 0 Å². The largest absolute Gasteiger partial charge is 0.342 e. The summed E-state index contributed by atoms with van der Waals surface area (Å²) in [6, 6.07) is 6.96. The summed E-state index contributed by atoms with van der Waals surface area (Å²) in [5, 5.41) is 3.46. The second-order valence-electron chi connectivity index (χ2n) is 6.80. The Kier molecular flexibility index (Phi) is 5.62. The van der Waals surface area contributed by atoms with Gasteiger partial charge in [-0.05, 0) is 57.3 Å². The van der Waals surface area contributed by atoms with Crippen molar-refractivity contribution in [1.82, 2.24) is 20.1 Å². The molecule has 1 atom stereocenters. The topological polar surface area (TPSA) is 48.5 Å². The number of aromatic nitrogens is 1. The number of hydrogen-bond acceptors (Lipinski definition) is 4. The molecule has 1 aliphatic carbocycles. The Labute approximate surface area is 139 Å². The number of nitrogens with one attached hydrogen (secondary N) is 1. The molecule has 0 bridgehead atoms. The van der Waals surface area contributed by atoms with Crippen molar-refractivity contribution in [3.8, 4) is 0 Å². The first kappa shape index (κ1) is 16.4. The fraction of sp³-hybridized carbons (Fsp3) is 0.667. The lowest BCUT2D eigenvalue weighted by Crippen LogP contribution is -2.44. The summed E-state index contributed by atoms with van der Waals surface area (Å²) in [6.07, 6.45) is 7.59. The minimum absolute atomic E-state index is 0.251. The van der Waals surface area contributed by atoms with Crippen LogP contribution in [0.1, 0.15) is 37.8 Å². The third kappa shape index (κ3) is 4.75. The normalized spacial score (nSPS) is 21.9. The van der Waals surface area contributed by atoms with E-state index in [0.29, 0.717) is 18.6 Å². The molecule has 1 aliphatic heterocycles. The molecule has 1 saturated carbocycles. The summed E-state index contributed by atoms with van der Waals surface area (Å²) in [5.41, 5.74) is 1.05. The highest BCUT2D eigenvalue weighted by molar-refractivity contribution is 5.78. The highest BCUT2D eigenvalue weighted by atomic mass is 16.2. The Morgan fingerprint density at radius 3 is 2.83 bits per heavy atom. The zero-order valence-electron chi connectivity index (χ0n) is 14.1. The predicted molar refractivity (Wildman–Crippen MR) is 90.9 cm³/mol. The maximum atomic E-state index is 12.6. The van der Waals surface area contributed by atoms with Crippen molar-refractivity contribution in [2.45, 2.75) is 50.7 Å². The van der Waals surface area contributed by atoms with Crippen LogP contribution in [0.3, 0.4) is 0 Å². The van der Waals surface area contributed by atoms with Crippen LogP contribution in [0.2, 0.25) is 0 Å². The van der Waals surface area contributed by atoms with Gasteiger partial charge >= 0.3 is 0 Å². The van der Waals surface area contributed by atoms with E-state index < -0.39 is 0 Å². The number of hydrogen-bond donors (Lipinski definition) is 1. The number of pyridine rings is 1. The maximum Gasteiger partial charge on any atom is 0.236 e. The molecule has 2 heterocycles. The summed E-state index contributed by atoms with van der Waals surface area (Å²) in [5.74, 6) is 0.251. The van der Waals surface area contributed by atoms with Crippen molar-refractivity contribution in [1.29, 1.82) is 0 Å². The Balaban J connectivity index is 1.67. The second kappa shape index (κ2) is 7.88. The van der Waals surface area contributed by atoms with E-state index >= 15 is 0 Å². The number of carbonyl (C=O) groups excluding carboxylic acids is 1. The molecule has 3 rings (SSSR count). The van der Waals surface area contributed by atoms with Gasteiger partial charge in [-0.1, -0.05) is 6.07 Å². The number of nitrogens with zero attached hydrogens (tertiary/aromatic N) is 3. The zero-order valence-corrected chi connectivity index (χ0v) is 14.1. The zero-order chi connectivity index (χ0) is 16.1. The second-order valence-corrected chi connectivity index (χ2v) is 6.80. The fourth-order valence-corrected chi connectivity index (χ4v) is 3.33. The van der Waals surface area contributed by atoms with E-state index in [2.05, 4.69) is 21.3 Å². The highest BCUT2D eigenvalue weighted by Crippen LogP contribution is 2.26. The van der Waals surface area contributed by atoms with Gasteiger partial charge in [0.1, 0.15) is 0 Å². The molecule has 1 N–H and O–H groups in total. The molecule has 1 saturated heterocycles. The van der Waals surface area contributed by atoms with Crippen molar-refractivity contribution >= 4 is 5.91 Å². The van der Waals surface area contributed by atoms with Crippen LogP contribution in [0, 0.1) is 0 Å². The van der Waals surface area contributed by atoms with Gasteiger partial charge in [-0.15, -0.1) is 0 Å². The molecule has 1 aromatic heterocycles. The van der Waals surface area contributed by atoms with Gasteiger partial charge < -0.3 is 10.2 Å². The number of carbonyl (C=O) groups is 1. The average molecular weight is 316 g/mol. The third-order valence-corrected chi connectivity index (χ3v) is 4.98. The summed E-state index contributed by atoms with van der Waals surface area (Å²) in [4.78, 5) is 21.3. The third-order valence-electron chi connectivity index (χ3n) is 4.98. The molecule has 0 aromatic carbocycles. The lowest BCUT2D eigenvalue weighted by Gasteiger charge is -2.31. The van der Waals surface area contributed by atoms with E-state index in [9.17, 15) is 4.79 Å². The summed E-state index contributed by atoms with van der Waals surface area (Å²) >= 11 is 0. The minimum Gasteiger partial charge on any atom is -0.342 e. The van der Waals surface area contributed by atoms with Crippen LogP contribution in [0.15, 0.2) is 24.4 Å². The van der Waals surface area contributed by atoms with E-state index in [0.717, 1.165) is 51.0 Å². The van der Waals surface area contributed by atoms with Crippen molar-refractivity contribution in [3.63, 3.8) is 0 Å². The molecule has 1 amide bonds. The van der Waals surface area contributed by atoms with Crippen molar-refractivity contribution in [2.75, 3.05) is 26.7 Å². The molecular weight excluding hydrogens is 288 g/mol. The molecule has 5 heteroatoms. The quantitative estimate of drug-likeness (QED) is 0.867. The SMILES string of the molecule is CN(C(=O)CN(Cc1ccccn1)[C@H]1CCCNCC1)C1CC1. The van der Waals surface area contributed by atoms with Gasteiger partial charge in [0.05, 0.1) is 12.2 Å². The predicted octanol–water partition coefficient (Wildman–Crippen LogP) is 1.65. The first-order valence-corrected chi connectivity index (χ1v) is 8.84. The van der Waals surface area contributed by atoms with Crippen LogP contribution in [0.5, 0.6) is 0 Å². The van der Waals surface area contributed by atoms with Crippen LogP contribution < -0.4 is 5.32 Å². The van der Waals surface area contributed by atoms with Gasteiger partial charge in [-0.3, -0.25) is 14.7 Å². The van der Waals surface area contributed by atoms with Gasteiger partial charge in [0, 0.05) is 31.9 Å². The first-order chi connectivity index (χ1) is 11.2. The Hall–Kier alpha value is -1.46. The van der Waals surface area contributed by atoms with Gasteiger partial charge in [0.25, 0.3) is 0 Å². The highest BCUT2D eigenvalue weighted by Gasteiger charge is 2.31. The average Bonchev–Trinajstić information content (AvgIpc) is 3.41. The number of likely N-dealkylation sites (N-methyl/N-ethyl adjacent to an activating group) is 1. The molecule has 1 aromatic rings.